The molecule has 2 fully saturated rings. The summed E-state index contributed by atoms with van der Waals surface area (Å²) in [5.41, 5.74) is -0.525. The van der Waals surface area contributed by atoms with E-state index in [1.165, 1.54) is 0 Å². The summed E-state index contributed by atoms with van der Waals surface area (Å²) in [5.74, 6) is 0.635. The van der Waals surface area contributed by atoms with E-state index in [0.29, 0.717) is 19.0 Å². The molecule has 0 bridgehead atoms. The van der Waals surface area contributed by atoms with Crippen molar-refractivity contribution in [3.63, 3.8) is 0 Å². The summed E-state index contributed by atoms with van der Waals surface area (Å²) in [5, 5.41) is 0. The normalized spacial score (nSPS) is 22.5. The second kappa shape index (κ2) is 8.82. The standard InChI is InChI=1S/C23H39BN4O4/c1-16(2)28(15-18-11-10-12-27(18)20(29)30-21(3,4)5)19-25-13-17(14-26-19)24-31-22(6,7)23(8,9)32-24/h13-14,16,18H,10-12,15H2,1-9H3. The van der Waals surface area contributed by atoms with Crippen LogP contribution in [0.15, 0.2) is 12.4 Å². The molecule has 178 valence electrons. The van der Waals surface area contributed by atoms with Crippen LogP contribution in [0.2, 0.25) is 0 Å². The van der Waals surface area contributed by atoms with Gasteiger partial charge in [0.2, 0.25) is 5.95 Å². The summed E-state index contributed by atoms with van der Waals surface area (Å²) in [7, 11) is -0.487. The molecular weight excluding hydrogens is 407 g/mol. The molecule has 3 rings (SSSR count). The summed E-state index contributed by atoms with van der Waals surface area (Å²) >= 11 is 0. The van der Waals surface area contributed by atoms with Crippen molar-refractivity contribution in [1.29, 1.82) is 0 Å². The number of aromatic nitrogens is 2. The Morgan fingerprint density at radius 3 is 2.28 bits per heavy atom. The van der Waals surface area contributed by atoms with Gasteiger partial charge in [0.05, 0.1) is 17.2 Å². The van der Waals surface area contributed by atoms with Crippen LogP contribution in [0.1, 0.15) is 75.2 Å². The maximum Gasteiger partial charge on any atom is 0.498 e. The number of carbonyl (C=O) groups excluding carboxylic acids is 1. The molecule has 1 aromatic rings. The van der Waals surface area contributed by atoms with Crippen LogP contribution in [0, 0.1) is 0 Å². The molecule has 3 heterocycles. The van der Waals surface area contributed by atoms with E-state index in [2.05, 4.69) is 28.7 Å². The summed E-state index contributed by atoms with van der Waals surface area (Å²) in [6.45, 7) is 19.4. The molecule has 0 aliphatic carbocycles. The number of amides is 1. The highest BCUT2D eigenvalue weighted by Gasteiger charge is 2.52. The van der Waals surface area contributed by atoms with Gasteiger partial charge in [0.15, 0.2) is 0 Å². The molecule has 0 radical (unpaired) electrons. The van der Waals surface area contributed by atoms with E-state index < -0.39 is 23.9 Å². The maximum atomic E-state index is 12.7. The van der Waals surface area contributed by atoms with Gasteiger partial charge in [-0.25, -0.2) is 14.8 Å². The summed E-state index contributed by atoms with van der Waals surface area (Å²) in [6.07, 6.45) is 5.22. The second-order valence-corrected chi connectivity index (χ2v) is 11.1. The molecule has 9 heteroatoms. The highest BCUT2D eigenvalue weighted by molar-refractivity contribution is 6.61. The molecule has 0 spiro atoms. The zero-order valence-corrected chi connectivity index (χ0v) is 21.1. The van der Waals surface area contributed by atoms with E-state index in [9.17, 15) is 4.79 Å². The smallest absolute Gasteiger partial charge is 0.444 e. The number of nitrogens with zero attached hydrogens (tertiary/aromatic N) is 4. The predicted octanol–water partition coefficient (Wildman–Crippen LogP) is 3.39. The third kappa shape index (κ3) is 5.37. The lowest BCUT2D eigenvalue weighted by Crippen LogP contribution is -2.47. The number of hydrogen-bond donors (Lipinski definition) is 0. The number of ether oxygens (including phenoxy) is 1. The van der Waals surface area contributed by atoms with Crippen LogP contribution in [0.3, 0.4) is 0 Å². The van der Waals surface area contributed by atoms with E-state index in [-0.39, 0.29) is 18.2 Å². The molecule has 1 amide bonds. The van der Waals surface area contributed by atoms with E-state index in [4.69, 9.17) is 14.0 Å². The SMILES string of the molecule is CC(C)N(CC1CCCN1C(=O)OC(C)(C)C)c1ncc(B2OC(C)(C)C(C)(C)O2)cn1. The van der Waals surface area contributed by atoms with Gasteiger partial charge in [-0.1, -0.05) is 0 Å². The van der Waals surface area contributed by atoms with Crippen LogP contribution in [0.25, 0.3) is 0 Å². The Morgan fingerprint density at radius 1 is 1.22 bits per heavy atom. The summed E-state index contributed by atoms with van der Waals surface area (Å²) < 4.78 is 17.8. The third-order valence-electron chi connectivity index (χ3n) is 6.48. The molecule has 2 aliphatic heterocycles. The fraction of sp³-hybridized carbons (Fsp3) is 0.783. The number of carbonyl (C=O) groups is 1. The van der Waals surface area contributed by atoms with E-state index in [1.54, 1.807) is 12.4 Å². The highest BCUT2D eigenvalue weighted by atomic mass is 16.7. The Hall–Kier alpha value is -1.87. The molecule has 1 aromatic heterocycles. The van der Waals surface area contributed by atoms with Crippen molar-refractivity contribution in [2.45, 2.75) is 104 Å². The van der Waals surface area contributed by atoms with Crippen molar-refractivity contribution < 1.29 is 18.8 Å². The van der Waals surface area contributed by atoms with Gasteiger partial charge < -0.3 is 23.8 Å². The van der Waals surface area contributed by atoms with Crippen LogP contribution < -0.4 is 10.4 Å². The minimum Gasteiger partial charge on any atom is -0.444 e. The number of likely N-dealkylation sites (tertiary alicyclic amines) is 1. The topological polar surface area (TPSA) is 77.0 Å². The fourth-order valence-corrected chi connectivity index (χ4v) is 3.92. The van der Waals surface area contributed by atoms with Crippen molar-refractivity contribution in [2.24, 2.45) is 0 Å². The van der Waals surface area contributed by atoms with Gasteiger partial charge in [0.1, 0.15) is 5.60 Å². The van der Waals surface area contributed by atoms with Gasteiger partial charge in [0.25, 0.3) is 0 Å². The minimum atomic E-state index is -0.506. The lowest BCUT2D eigenvalue weighted by molar-refractivity contribution is 0.00578. The zero-order chi connectivity index (χ0) is 23.9. The average Bonchev–Trinajstić information content (AvgIpc) is 3.20. The monoisotopic (exact) mass is 446 g/mol. The molecule has 32 heavy (non-hydrogen) atoms. The first-order chi connectivity index (χ1) is 14.7. The number of rotatable bonds is 5. The summed E-state index contributed by atoms with van der Waals surface area (Å²) in [4.78, 5) is 25.9. The Bertz CT molecular complexity index is 791. The molecule has 8 nitrogen and oxygen atoms in total. The number of anilines is 1. The zero-order valence-electron chi connectivity index (χ0n) is 21.1. The first kappa shape index (κ1) is 24.8. The first-order valence-corrected chi connectivity index (χ1v) is 11.6. The minimum absolute atomic E-state index is 0.0682. The van der Waals surface area contributed by atoms with Crippen LogP contribution >= 0.6 is 0 Å². The van der Waals surface area contributed by atoms with Crippen molar-refractivity contribution in [3.05, 3.63) is 12.4 Å². The molecular formula is C23H39BN4O4. The highest BCUT2D eigenvalue weighted by Crippen LogP contribution is 2.36. The van der Waals surface area contributed by atoms with Gasteiger partial charge in [-0.15, -0.1) is 0 Å². The molecule has 2 saturated heterocycles. The predicted molar refractivity (Wildman–Crippen MR) is 126 cm³/mol. The van der Waals surface area contributed by atoms with E-state index in [0.717, 1.165) is 18.3 Å². The second-order valence-electron chi connectivity index (χ2n) is 11.1. The van der Waals surface area contributed by atoms with Crippen molar-refractivity contribution >= 4 is 24.6 Å². The third-order valence-corrected chi connectivity index (χ3v) is 6.48. The summed E-state index contributed by atoms with van der Waals surface area (Å²) in [6, 6.07) is 0.248. The molecule has 0 aromatic carbocycles. The average molecular weight is 446 g/mol. The van der Waals surface area contributed by atoms with Crippen molar-refractivity contribution in [2.75, 3.05) is 18.0 Å². The van der Waals surface area contributed by atoms with Gasteiger partial charge in [-0.2, -0.15) is 0 Å². The van der Waals surface area contributed by atoms with Gasteiger partial charge in [0, 0.05) is 37.0 Å². The van der Waals surface area contributed by atoms with Crippen LogP contribution in [0.5, 0.6) is 0 Å². The van der Waals surface area contributed by atoms with Crippen LogP contribution in [0.4, 0.5) is 10.7 Å². The Labute approximate surface area is 193 Å². The lowest BCUT2D eigenvalue weighted by Gasteiger charge is -2.34. The molecule has 0 N–H and O–H groups in total. The van der Waals surface area contributed by atoms with Gasteiger partial charge >= 0.3 is 13.2 Å². The lowest BCUT2D eigenvalue weighted by atomic mass is 9.81. The molecule has 2 aliphatic rings. The Kier molecular flexibility index (Phi) is 6.83. The van der Waals surface area contributed by atoms with E-state index in [1.807, 2.05) is 53.4 Å². The largest absolute Gasteiger partial charge is 0.498 e. The van der Waals surface area contributed by atoms with E-state index >= 15 is 0 Å². The maximum absolute atomic E-state index is 12.7. The van der Waals surface area contributed by atoms with Crippen molar-refractivity contribution in [1.82, 2.24) is 14.9 Å². The first-order valence-electron chi connectivity index (χ1n) is 11.6. The Balaban J connectivity index is 1.72. The molecule has 0 saturated carbocycles. The quantitative estimate of drug-likeness (QED) is 0.642. The van der Waals surface area contributed by atoms with Gasteiger partial charge in [-0.05, 0) is 75.2 Å². The number of hydrogen-bond acceptors (Lipinski definition) is 7. The fourth-order valence-electron chi connectivity index (χ4n) is 3.92. The van der Waals surface area contributed by atoms with Crippen LogP contribution in [-0.4, -0.2) is 70.1 Å². The molecule has 1 unspecified atom stereocenters. The van der Waals surface area contributed by atoms with Gasteiger partial charge in [-0.3, -0.25) is 0 Å². The Morgan fingerprint density at radius 2 is 1.78 bits per heavy atom. The van der Waals surface area contributed by atoms with Crippen molar-refractivity contribution in [3.8, 4) is 0 Å². The van der Waals surface area contributed by atoms with Crippen LogP contribution in [-0.2, 0) is 14.0 Å². The molecule has 1 atom stereocenters.